The number of fused-ring (bicyclic) bond motifs is 1. The van der Waals surface area contributed by atoms with Crippen molar-refractivity contribution in [2.45, 2.75) is 76.4 Å². The minimum atomic E-state index is -1.78. The molecule has 1 saturated heterocycles. The number of benzene rings is 2. The fraction of sp³-hybridized carbons (Fsp3) is 0.395. The van der Waals surface area contributed by atoms with E-state index < -0.39 is 65.3 Å². The molecule has 6 amide bonds. The number of imide groups is 2. The lowest BCUT2D eigenvalue weighted by molar-refractivity contribution is -0.148. The van der Waals surface area contributed by atoms with Gasteiger partial charge in [0.1, 0.15) is 23.6 Å². The number of unbranched alkanes of at least 4 members (excludes halogenated alkanes) is 5. The Balaban J connectivity index is 1.12. The molecule has 3 heterocycles. The van der Waals surface area contributed by atoms with Gasteiger partial charge in [-0.05, 0) is 68.5 Å². The van der Waals surface area contributed by atoms with Crippen LogP contribution in [0.15, 0.2) is 48.5 Å². The Kier molecular flexibility index (Phi) is 15.7. The number of anilines is 2. The molecule has 5 N–H and O–H groups in total. The quantitative estimate of drug-likeness (QED) is 0.0396. The van der Waals surface area contributed by atoms with Crippen molar-refractivity contribution in [1.29, 1.82) is 0 Å². The molecule has 3 aromatic rings. The highest BCUT2D eigenvalue weighted by atomic mass is 32.1. The molecule has 61 heavy (non-hydrogen) atoms. The Morgan fingerprint density at radius 3 is 2.36 bits per heavy atom. The van der Waals surface area contributed by atoms with Gasteiger partial charge in [0.25, 0.3) is 17.7 Å². The molecule has 0 spiro atoms. The molecule has 0 bridgehead atoms. The van der Waals surface area contributed by atoms with Gasteiger partial charge in [0, 0.05) is 36.1 Å². The van der Waals surface area contributed by atoms with E-state index in [1.165, 1.54) is 38.5 Å². The Bertz CT molecular complexity index is 2230. The van der Waals surface area contributed by atoms with Crippen LogP contribution in [0.5, 0.6) is 11.5 Å². The standard InChI is InChI=1S/C43H48N6O11S/c1-5-34(51)48(28-17-16-25(58-3)24-30(28)59-4)37(38(52)36(44)43(57)60-6-2)31-19-20-32(61-31)40(54)46-23-12-10-8-7-9-11-22-45-27-15-13-14-26-35(27)42(56)49(41(26)55)29-18-21-33(50)47-39(29)53/h1,13-17,19-20,24,29,36-37,45H,6-12,18,21-23,44H2,2-4H3,(H,46,54)(H,47,50,53). The predicted molar refractivity (Wildman–Crippen MR) is 224 cm³/mol. The Morgan fingerprint density at radius 1 is 0.967 bits per heavy atom. The van der Waals surface area contributed by atoms with Gasteiger partial charge in [-0.25, -0.2) is 4.79 Å². The first-order valence-electron chi connectivity index (χ1n) is 19.8. The van der Waals surface area contributed by atoms with E-state index in [1.54, 1.807) is 31.2 Å². The largest absolute Gasteiger partial charge is 0.497 e. The number of hydrogen-bond donors (Lipinski definition) is 4. The number of piperidine rings is 1. The van der Waals surface area contributed by atoms with Gasteiger partial charge >= 0.3 is 11.9 Å². The van der Waals surface area contributed by atoms with E-state index in [1.807, 2.05) is 5.92 Å². The number of hydrogen-bond acceptors (Lipinski definition) is 14. The lowest BCUT2D eigenvalue weighted by Gasteiger charge is -2.31. The number of thiophene rings is 1. The number of ether oxygens (including phenoxy) is 3. The summed E-state index contributed by atoms with van der Waals surface area (Å²) in [7, 11) is 2.81. The van der Waals surface area contributed by atoms with Crippen LogP contribution in [0.25, 0.3) is 0 Å². The van der Waals surface area contributed by atoms with Crippen molar-refractivity contribution in [3.63, 3.8) is 0 Å². The van der Waals surface area contributed by atoms with Crippen LogP contribution in [0.2, 0.25) is 0 Å². The van der Waals surface area contributed by atoms with E-state index in [9.17, 15) is 38.4 Å². The second-order valence-electron chi connectivity index (χ2n) is 14.1. The van der Waals surface area contributed by atoms with Gasteiger partial charge in [-0.1, -0.05) is 31.7 Å². The SMILES string of the molecule is C#CC(=O)N(c1ccc(OC)cc1OC)C(C(=O)C(N)C(=O)OCC)c1ccc(C(=O)NCCCCCCCCNc2cccc3c2C(=O)N(C2CCC(=O)NC2=O)C3=O)s1. The van der Waals surface area contributed by atoms with Crippen molar-refractivity contribution in [3.8, 4) is 23.8 Å². The summed E-state index contributed by atoms with van der Waals surface area (Å²) < 4.78 is 15.8. The maximum Gasteiger partial charge on any atom is 0.330 e. The van der Waals surface area contributed by atoms with Crippen molar-refractivity contribution in [2.24, 2.45) is 5.73 Å². The molecule has 1 aromatic heterocycles. The van der Waals surface area contributed by atoms with Gasteiger partial charge in [0.2, 0.25) is 11.8 Å². The number of nitrogens with zero attached hydrogens (tertiary/aromatic N) is 2. The van der Waals surface area contributed by atoms with Crippen molar-refractivity contribution in [2.75, 3.05) is 44.1 Å². The van der Waals surface area contributed by atoms with Crippen molar-refractivity contribution < 1.29 is 52.6 Å². The minimum absolute atomic E-state index is 0.0348. The number of Topliss-reactive ketones (excluding diaryl/α,β-unsaturated/α-hetero) is 1. The average Bonchev–Trinajstić information content (AvgIpc) is 3.85. The number of carbonyl (C=O) groups is 8. The number of esters is 1. The summed E-state index contributed by atoms with van der Waals surface area (Å²) in [5, 5.41) is 8.34. The van der Waals surface area contributed by atoms with Crippen LogP contribution in [-0.4, -0.2) is 98.1 Å². The van der Waals surface area contributed by atoms with E-state index in [0.717, 1.165) is 53.2 Å². The monoisotopic (exact) mass is 856 g/mol. The number of rotatable bonds is 21. The fourth-order valence-corrected chi connectivity index (χ4v) is 8.11. The molecule has 17 nitrogen and oxygen atoms in total. The van der Waals surface area contributed by atoms with Gasteiger partial charge in [0.05, 0.1) is 42.5 Å². The third kappa shape index (κ3) is 10.4. The molecule has 1 fully saturated rings. The van der Waals surface area contributed by atoms with Gasteiger partial charge < -0.3 is 30.6 Å². The summed E-state index contributed by atoms with van der Waals surface area (Å²) in [5.74, 6) is -2.84. The zero-order chi connectivity index (χ0) is 44.2. The predicted octanol–water partition coefficient (Wildman–Crippen LogP) is 3.52. The molecule has 0 saturated carbocycles. The maximum atomic E-state index is 14.0. The van der Waals surface area contributed by atoms with Crippen molar-refractivity contribution in [1.82, 2.24) is 15.5 Å². The molecule has 0 radical (unpaired) electrons. The van der Waals surface area contributed by atoms with Crippen molar-refractivity contribution >= 4 is 69.9 Å². The Labute approximate surface area is 356 Å². The van der Waals surface area contributed by atoms with Crippen LogP contribution >= 0.6 is 11.3 Å². The van der Waals surface area contributed by atoms with Gasteiger partial charge in [-0.2, -0.15) is 0 Å². The summed E-state index contributed by atoms with van der Waals surface area (Å²) in [5.41, 5.74) is 7.12. The van der Waals surface area contributed by atoms with Crippen molar-refractivity contribution in [3.05, 3.63) is 69.4 Å². The summed E-state index contributed by atoms with van der Waals surface area (Å²) in [4.78, 5) is 106. The molecule has 322 valence electrons. The van der Waals surface area contributed by atoms with E-state index in [2.05, 4.69) is 16.0 Å². The number of methoxy groups -OCH3 is 2. The van der Waals surface area contributed by atoms with E-state index in [4.69, 9.17) is 26.4 Å². The fourth-order valence-electron chi connectivity index (χ4n) is 7.09. The van der Waals surface area contributed by atoms with Crippen LogP contribution in [0.4, 0.5) is 11.4 Å². The Hall–Kier alpha value is -6.58. The molecule has 3 atom stereocenters. The summed E-state index contributed by atoms with van der Waals surface area (Å²) in [6, 6.07) is 8.14. The molecule has 2 aromatic carbocycles. The zero-order valence-corrected chi connectivity index (χ0v) is 34.9. The Morgan fingerprint density at radius 2 is 1.69 bits per heavy atom. The highest BCUT2D eigenvalue weighted by Gasteiger charge is 2.46. The zero-order valence-electron chi connectivity index (χ0n) is 34.1. The molecular formula is C43H48N6O11S. The van der Waals surface area contributed by atoms with Crippen LogP contribution in [0.1, 0.15) is 99.6 Å². The van der Waals surface area contributed by atoms with Gasteiger partial charge in [-0.3, -0.25) is 48.7 Å². The first kappa shape index (κ1) is 45.5. The van der Waals surface area contributed by atoms with Crippen LogP contribution in [-0.2, 0) is 28.7 Å². The third-order valence-corrected chi connectivity index (χ3v) is 11.3. The lowest BCUT2D eigenvalue weighted by atomic mass is 10.0. The van der Waals surface area contributed by atoms with E-state index >= 15 is 0 Å². The van der Waals surface area contributed by atoms with Crippen LogP contribution in [0, 0.1) is 12.3 Å². The second-order valence-corrected chi connectivity index (χ2v) is 15.2. The lowest BCUT2D eigenvalue weighted by Crippen LogP contribution is -2.54. The second kappa shape index (κ2) is 21.1. The third-order valence-electron chi connectivity index (χ3n) is 10.2. The first-order valence-corrected chi connectivity index (χ1v) is 20.6. The van der Waals surface area contributed by atoms with E-state index in [-0.39, 0.29) is 51.8 Å². The molecule has 18 heteroatoms. The molecule has 3 unspecified atom stereocenters. The molecular weight excluding hydrogens is 809 g/mol. The smallest absolute Gasteiger partial charge is 0.330 e. The number of terminal acetylenes is 1. The number of amides is 6. The molecule has 5 rings (SSSR count). The summed E-state index contributed by atoms with van der Waals surface area (Å²) in [6.07, 6.45) is 10.8. The highest BCUT2D eigenvalue weighted by Crippen LogP contribution is 2.40. The molecule has 2 aliphatic heterocycles. The first-order chi connectivity index (χ1) is 29.4. The van der Waals surface area contributed by atoms with Crippen LogP contribution in [0.3, 0.4) is 0 Å². The number of ketones is 1. The van der Waals surface area contributed by atoms with E-state index in [0.29, 0.717) is 30.9 Å². The van der Waals surface area contributed by atoms with Crippen LogP contribution < -0.4 is 36.1 Å². The van der Waals surface area contributed by atoms with Gasteiger partial charge in [0.15, 0.2) is 11.8 Å². The minimum Gasteiger partial charge on any atom is -0.497 e. The summed E-state index contributed by atoms with van der Waals surface area (Å²) in [6.45, 7) is 2.46. The summed E-state index contributed by atoms with van der Waals surface area (Å²) >= 11 is 0.944. The number of nitrogens with two attached hydrogens (primary N) is 1. The molecule has 0 aliphatic carbocycles. The average molecular weight is 857 g/mol. The normalized spacial score (nSPS) is 15.5. The highest BCUT2D eigenvalue weighted by molar-refractivity contribution is 7.14. The van der Waals surface area contributed by atoms with Gasteiger partial charge in [-0.15, -0.1) is 17.8 Å². The topological polar surface area (TPSA) is 233 Å². The number of carbonyl (C=O) groups excluding carboxylic acids is 8. The molecule has 2 aliphatic rings. The number of nitrogens with one attached hydrogen (secondary N) is 3. The maximum absolute atomic E-state index is 14.0.